The van der Waals surface area contributed by atoms with Gasteiger partial charge >= 0.3 is 0 Å². The van der Waals surface area contributed by atoms with Crippen molar-refractivity contribution in [3.05, 3.63) is 30.5 Å². The fraction of sp³-hybridized carbons (Fsp3) is 0.286. The molecular formula is C14H15N3O. The van der Waals surface area contributed by atoms with Crippen molar-refractivity contribution in [3.63, 3.8) is 0 Å². The second-order valence-corrected chi connectivity index (χ2v) is 3.94. The Morgan fingerprint density at radius 1 is 1.44 bits per heavy atom. The molecule has 0 unspecified atom stereocenters. The fourth-order valence-corrected chi connectivity index (χ4v) is 1.81. The summed E-state index contributed by atoms with van der Waals surface area (Å²) in [6, 6.07) is 9.94. The van der Waals surface area contributed by atoms with Gasteiger partial charge in [-0.25, -0.2) is 0 Å². The van der Waals surface area contributed by atoms with Crippen molar-refractivity contribution < 1.29 is 4.74 Å². The third-order valence-electron chi connectivity index (χ3n) is 2.69. The molecule has 0 saturated carbocycles. The molecule has 0 saturated heterocycles. The number of aromatic nitrogens is 1. The van der Waals surface area contributed by atoms with Crippen LogP contribution in [0, 0.1) is 11.3 Å². The molecule has 1 aromatic heterocycles. The van der Waals surface area contributed by atoms with Gasteiger partial charge in [-0.05, 0) is 18.6 Å². The topological polar surface area (TPSA) is 57.9 Å². The molecule has 0 aliphatic carbocycles. The SMILES string of the molecule is COc1cc(NCCCC#N)c2ncccc2c1. The molecule has 1 aromatic carbocycles. The van der Waals surface area contributed by atoms with Gasteiger partial charge < -0.3 is 10.1 Å². The van der Waals surface area contributed by atoms with Gasteiger partial charge in [-0.1, -0.05) is 6.07 Å². The zero-order chi connectivity index (χ0) is 12.8. The molecule has 1 N–H and O–H groups in total. The summed E-state index contributed by atoms with van der Waals surface area (Å²) in [5.74, 6) is 0.804. The molecule has 4 heteroatoms. The van der Waals surface area contributed by atoms with Gasteiger partial charge in [0.1, 0.15) is 5.75 Å². The number of ether oxygens (including phenoxy) is 1. The van der Waals surface area contributed by atoms with Gasteiger partial charge in [0.25, 0.3) is 0 Å². The molecule has 92 valence electrons. The molecule has 0 fully saturated rings. The number of benzene rings is 1. The number of pyridine rings is 1. The number of fused-ring (bicyclic) bond motifs is 1. The van der Waals surface area contributed by atoms with E-state index in [4.69, 9.17) is 10.00 Å². The zero-order valence-electron chi connectivity index (χ0n) is 10.3. The van der Waals surface area contributed by atoms with Crippen LogP contribution in [0.2, 0.25) is 0 Å². The van der Waals surface area contributed by atoms with Crippen LogP contribution in [0.25, 0.3) is 10.9 Å². The Kier molecular flexibility index (Phi) is 3.98. The summed E-state index contributed by atoms with van der Waals surface area (Å²) in [7, 11) is 1.65. The Bertz CT molecular complexity index is 575. The van der Waals surface area contributed by atoms with E-state index in [-0.39, 0.29) is 0 Å². The quantitative estimate of drug-likeness (QED) is 0.817. The van der Waals surface area contributed by atoms with E-state index in [1.165, 1.54) is 0 Å². The van der Waals surface area contributed by atoms with Crippen LogP contribution in [0.15, 0.2) is 30.5 Å². The first kappa shape index (κ1) is 12.2. The monoisotopic (exact) mass is 241 g/mol. The lowest BCUT2D eigenvalue weighted by molar-refractivity contribution is 0.415. The highest BCUT2D eigenvalue weighted by Crippen LogP contribution is 2.27. The summed E-state index contributed by atoms with van der Waals surface area (Å²) in [4.78, 5) is 4.37. The van der Waals surface area contributed by atoms with E-state index in [1.54, 1.807) is 13.3 Å². The number of nitriles is 1. The van der Waals surface area contributed by atoms with Crippen molar-refractivity contribution >= 4 is 16.6 Å². The lowest BCUT2D eigenvalue weighted by Gasteiger charge is -2.10. The number of anilines is 1. The first-order chi connectivity index (χ1) is 8.85. The Balaban J connectivity index is 2.27. The minimum Gasteiger partial charge on any atom is -0.497 e. The predicted molar refractivity (Wildman–Crippen MR) is 71.6 cm³/mol. The number of rotatable bonds is 5. The summed E-state index contributed by atoms with van der Waals surface area (Å²) in [6.07, 6.45) is 3.15. The second-order valence-electron chi connectivity index (χ2n) is 3.94. The number of unbranched alkanes of at least 4 members (excludes halogenated alkanes) is 1. The molecule has 0 aliphatic rings. The number of nitrogens with zero attached hydrogens (tertiary/aromatic N) is 2. The van der Waals surface area contributed by atoms with Gasteiger partial charge in [-0.15, -0.1) is 0 Å². The Morgan fingerprint density at radius 2 is 2.33 bits per heavy atom. The molecule has 0 atom stereocenters. The first-order valence-electron chi connectivity index (χ1n) is 5.88. The summed E-state index contributed by atoms with van der Waals surface area (Å²) < 4.78 is 5.27. The van der Waals surface area contributed by atoms with Crippen molar-refractivity contribution in [2.75, 3.05) is 19.0 Å². The van der Waals surface area contributed by atoms with E-state index in [1.807, 2.05) is 24.3 Å². The fourth-order valence-electron chi connectivity index (χ4n) is 1.81. The Labute approximate surface area is 106 Å². The zero-order valence-corrected chi connectivity index (χ0v) is 10.3. The molecular weight excluding hydrogens is 226 g/mol. The summed E-state index contributed by atoms with van der Waals surface area (Å²) in [5.41, 5.74) is 1.87. The van der Waals surface area contributed by atoms with Gasteiger partial charge in [0, 0.05) is 30.6 Å². The number of nitrogens with one attached hydrogen (secondary N) is 1. The Hall–Kier alpha value is -2.28. The van der Waals surface area contributed by atoms with E-state index in [2.05, 4.69) is 16.4 Å². The maximum atomic E-state index is 8.51. The van der Waals surface area contributed by atoms with Crippen LogP contribution in [-0.2, 0) is 0 Å². The highest BCUT2D eigenvalue weighted by molar-refractivity contribution is 5.91. The minimum atomic E-state index is 0.558. The molecule has 4 nitrogen and oxygen atoms in total. The highest BCUT2D eigenvalue weighted by atomic mass is 16.5. The number of hydrogen-bond donors (Lipinski definition) is 1. The van der Waals surface area contributed by atoms with Gasteiger partial charge in [0.05, 0.1) is 24.4 Å². The van der Waals surface area contributed by atoms with Crippen molar-refractivity contribution in [2.45, 2.75) is 12.8 Å². The van der Waals surface area contributed by atoms with Crippen LogP contribution in [0.1, 0.15) is 12.8 Å². The van der Waals surface area contributed by atoms with Crippen LogP contribution in [-0.4, -0.2) is 18.6 Å². The molecule has 0 radical (unpaired) electrons. The smallest absolute Gasteiger partial charge is 0.121 e. The predicted octanol–water partition coefficient (Wildman–Crippen LogP) is 2.96. The maximum Gasteiger partial charge on any atom is 0.121 e. The molecule has 0 spiro atoms. The standard InChI is InChI=1S/C14H15N3O/c1-18-12-9-11-5-4-8-17-14(11)13(10-12)16-7-3-2-6-15/h4-5,8-10,16H,2-3,7H2,1H3. The molecule has 18 heavy (non-hydrogen) atoms. The first-order valence-corrected chi connectivity index (χ1v) is 5.88. The third-order valence-corrected chi connectivity index (χ3v) is 2.69. The molecule has 0 bridgehead atoms. The van der Waals surface area contributed by atoms with Crippen LogP contribution >= 0.6 is 0 Å². The minimum absolute atomic E-state index is 0.558. The number of methoxy groups -OCH3 is 1. The van der Waals surface area contributed by atoms with Crippen molar-refractivity contribution in [1.29, 1.82) is 5.26 Å². The summed E-state index contributed by atoms with van der Waals surface area (Å²) in [6.45, 7) is 0.756. The second kappa shape index (κ2) is 5.87. The van der Waals surface area contributed by atoms with Crippen LogP contribution in [0.4, 0.5) is 5.69 Å². The van der Waals surface area contributed by atoms with Gasteiger partial charge in [0.2, 0.25) is 0 Å². The molecule has 1 heterocycles. The van der Waals surface area contributed by atoms with Crippen LogP contribution in [0.3, 0.4) is 0 Å². The largest absolute Gasteiger partial charge is 0.497 e. The maximum absolute atomic E-state index is 8.51. The average Bonchev–Trinajstić information content (AvgIpc) is 2.43. The lowest BCUT2D eigenvalue weighted by atomic mass is 10.1. The van der Waals surface area contributed by atoms with Crippen molar-refractivity contribution in [2.24, 2.45) is 0 Å². The van der Waals surface area contributed by atoms with Gasteiger partial charge in [-0.3, -0.25) is 4.98 Å². The molecule has 2 aromatic rings. The van der Waals surface area contributed by atoms with Gasteiger partial charge in [0.15, 0.2) is 0 Å². The lowest BCUT2D eigenvalue weighted by Crippen LogP contribution is -2.02. The summed E-state index contributed by atoms with van der Waals surface area (Å²) >= 11 is 0. The van der Waals surface area contributed by atoms with Crippen LogP contribution < -0.4 is 10.1 Å². The van der Waals surface area contributed by atoms with Crippen molar-refractivity contribution in [1.82, 2.24) is 4.98 Å². The highest BCUT2D eigenvalue weighted by Gasteiger charge is 2.04. The van der Waals surface area contributed by atoms with E-state index >= 15 is 0 Å². The number of hydrogen-bond acceptors (Lipinski definition) is 4. The molecule has 0 aliphatic heterocycles. The van der Waals surface area contributed by atoms with E-state index < -0.39 is 0 Å². The summed E-state index contributed by atoms with van der Waals surface area (Å²) in [5, 5.41) is 12.9. The van der Waals surface area contributed by atoms with Crippen molar-refractivity contribution in [3.8, 4) is 11.8 Å². The normalized spacial score (nSPS) is 10.0. The van der Waals surface area contributed by atoms with E-state index in [0.717, 1.165) is 35.3 Å². The molecule has 0 amide bonds. The van der Waals surface area contributed by atoms with E-state index in [9.17, 15) is 0 Å². The van der Waals surface area contributed by atoms with Crippen LogP contribution in [0.5, 0.6) is 5.75 Å². The Morgan fingerprint density at radius 3 is 3.11 bits per heavy atom. The molecule has 2 rings (SSSR count). The van der Waals surface area contributed by atoms with Gasteiger partial charge in [-0.2, -0.15) is 5.26 Å². The van der Waals surface area contributed by atoms with E-state index in [0.29, 0.717) is 6.42 Å². The average molecular weight is 241 g/mol. The third kappa shape index (κ3) is 2.69.